The quantitative estimate of drug-likeness (QED) is 0.269. The molecule has 2 amide bonds. The van der Waals surface area contributed by atoms with Crippen LogP contribution in [-0.2, 0) is 9.59 Å². The van der Waals surface area contributed by atoms with Crippen molar-refractivity contribution in [1.29, 1.82) is 0 Å². The summed E-state index contributed by atoms with van der Waals surface area (Å²) in [5.74, 6) is 0.632. The van der Waals surface area contributed by atoms with E-state index in [1.54, 1.807) is 31.0 Å². The number of aromatic nitrogens is 6. The lowest BCUT2D eigenvalue weighted by Gasteiger charge is -2.36. The number of carbonyl (C=O) groups is 2. The van der Waals surface area contributed by atoms with Crippen molar-refractivity contribution in [3.63, 3.8) is 0 Å². The van der Waals surface area contributed by atoms with Crippen LogP contribution in [0.25, 0.3) is 33.7 Å². The molecule has 3 N–H and O–H groups in total. The Morgan fingerprint density at radius 1 is 0.953 bits per heavy atom. The zero-order valence-corrected chi connectivity index (χ0v) is 23.6. The van der Waals surface area contributed by atoms with Crippen LogP contribution < -0.4 is 10.2 Å². The molecule has 12 nitrogen and oxygen atoms in total. The van der Waals surface area contributed by atoms with Crippen LogP contribution in [0.15, 0.2) is 73.4 Å². The summed E-state index contributed by atoms with van der Waals surface area (Å²) >= 11 is 0. The molecule has 7 rings (SSSR count). The van der Waals surface area contributed by atoms with Gasteiger partial charge in [-0.25, -0.2) is 15.0 Å². The molecule has 0 spiro atoms. The lowest BCUT2D eigenvalue weighted by Crippen LogP contribution is -2.51. The van der Waals surface area contributed by atoms with Gasteiger partial charge in [-0.15, -0.1) is 0 Å². The third kappa shape index (κ3) is 5.69. The Bertz CT molecular complexity index is 1710. The van der Waals surface area contributed by atoms with E-state index in [0.717, 1.165) is 59.6 Å². The molecule has 2 fully saturated rings. The zero-order chi connectivity index (χ0) is 29.2. The van der Waals surface area contributed by atoms with Crippen LogP contribution in [0.1, 0.15) is 6.42 Å². The summed E-state index contributed by atoms with van der Waals surface area (Å²) in [6.07, 6.45) is 7.61. The van der Waals surface area contributed by atoms with Gasteiger partial charge in [-0.3, -0.25) is 19.6 Å². The molecular weight excluding hydrogens is 544 g/mol. The average molecular weight is 577 g/mol. The smallest absolute Gasteiger partial charge is 0.236 e. The Hall–Kier alpha value is -5.10. The second kappa shape index (κ2) is 11.6. The number of benzene rings is 2. The van der Waals surface area contributed by atoms with Crippen molar-refractivity contribution in [3.05, 3.63) is 73.4 Å². The first kappa shape index (κ1) is 26.8. The molecule has 2 aliphatic heterocycles. The SMILES string of the molecule is O=C(Nc1ccc2[nH]nc(-c3c[nH]cn3)c2c1)C1CCN(CC(=O)N2CCN(c3ccc(-c4ncccn4)cc3)CC2)C1. The van der Waals surface area contributed by atoms with Crippen LogP contribution in [0.4, 0.5) is 11.4 Å². The maximum Gasteiger partial charge on any atom is 0.236 e. The molecule has 43 heavy (non-hydrogen) atoms. The lowest BCUT2D eigenvalue weighted by atomic mass is 10.1. The van der Waals surface area contributed by atoms with Crippen molar-refractivity contribution in [3.8, 4) is 22.8 Å². The van der Waals surface area contributed by atoms with E-state index < -0.39 is 0 Å². The molecule has 0 bridgehead atoms. The number of H-pyrrole nitrogens is 2. The minimum Gasteiger partial charge on any atom is -0.368 e. The number of anilines is 2. The van der Waals surface area contributed by atoms with Crippen LogP contribution in [-0.4, -0.2) is 97.6 Å². The van der Waals surface area contributed by atoms with E-state index in [9.17, 15) is 9.59 Å². The molecule has 2 aromatic carbocycles. The summed E-state index contributed by atoms with van der Waals surface area (Å²) in [5.41, 5.74) is 5.17. The summed E-state index contributed by atoms with van der Waals surface area (Å²) in [5, 5.41) is 11.3. The monoisotopic (exact) mass is 576 g/mol. The first-order valence-electron chi connectivity index (χ1n) is 14.5. The van der Waals surface area contributed by atoms with Crippen LogP contribution >= 0.6 is 0 Å². The van der Waals surface area contributed by atoms with Gasteiger partial charge in [0.1, 0.15) is 11.4 Å². The number of amides is 2. The van der Waals surface area contributed by atoms with E-state index in [-0.39, 0.29) is 17.7 Å². The predicted octanol–water partition coefficient (Wildman–Crippen LogP) is 3.02. The van der Waals surface area contributed by atoms with Crippen molar-refractivity contribution in [2.24, 2.45) is 5.92 Å². The highest BCUT2D eigenvalue weighted by atomic mass is 16.2. The summed E-state index contributed by atoms with van der Waals surface area (Å²) < 4.78 is 0. The van der Waals surface area contributed by atoms with E-state index in [1.165, 1.54) is 0 Å². The van der Waals surface area contributed by atoms with E-state index in [0.29, 0.717) is 37.7 Å². The Morgan fingerprint density at radius 3 is 2.53 bits per heavy atom. The molecule has 2 saturated heterocycles. The van der Waals surface area contributed by atoms with Crippen LogP contribution in [0.5, 0.6) is 0 Å². The van der Waals surface area contributed by atoms with Gasteiger partial charge in [-0.1, -0.05) is 0 Å². The molecule has 12 heteroatoms. The predicted molar refractivity (Wildman–Crippen MR) is 163 cm³/mol. The van der Waals surface area contributed by atoms with Gasteiger partial charge in [0.25, 0.3) is 0 Å². The number of hydrogen-bond acceptors (Lipinski definition) is 8. The number of rotatable bonds is 7. The highest BCUT2D eigenvalue weighted by Gasteiger charge is 2.31. The topological polar surface area (TPSA) is 139 Å². The lowest BCUT2D eigenvalue weighted by molar-refractivity contribution is -0.132. The summed E-state index contributed by atoms with van der Waals surface area (Å²) in [6.45, 7) is 4.55. The number of hydrogen-bond donors (Lipinski definition) is 3. The second-order valence-electron chi connectivity index (χ2n) is 11.0. The molecule has 5 heterocycles. The van der Waals surface area contributed by atoms with Crippen LogP contribution in [0, 0.1) is 5.92 Å². The Kier molecular flexibility index (Phi) is 7.25. The van der Waals surface area contributed by atoms with Crippen molar-refractivity contribution in [1.82, 2.24) is 39.9 Å². The maximum atomic E-state index is 13.1. The van der Waals surface area contributed by atoms with Gasteiger partial charge < -0.3 is 20.1 Å². The van der Waals surface area contributed by atoms with E-state index >= 15 is 0 Å². The third-order valence-electron chi connectivity index (χ3n) is 8.26. The first-order chi connectivity index (χ1) is 21.1. The number of fused-ring (bicyclic) bond motifs is 1. The Balaban J connectivity index is 0.894. The number of imidazole rings is 1. The standard InChI is InChI=1S/C31H32N10O2/c42-28(41-14-12-40(13-15-41)24-5-2-21(3-6-24)30-33-9-1-10-34-30)19-39-11-8-22(18-39)31(43)36-23-4-7-26-25(16-23)29(38-37-26)27-17-32-20-35-27/h1-7,9-10,16-17,20,22H,8,11-15,18-19H2,(H,32,35)(H,36,43)(H,37,38). The molecule has 0 aliphatic carbocycles. The molecule has 3 aromatic heterocycles. The average Bonchev–Trinajstić information content (AvgIpc) is 3.83. The molecule has 1 atom stereocenters. The second-order valence-corrected chi connectivity index (χ2v) is 11.0. The molecule has 5 aromatic rings. The Labute approximate surface area is 248 Å². The summed E-state index contributed by atoms with van der Waals surface area (Å²) in [4.78, 5) is 48.4. The summed E-state index contributed by atoms with van der Waals surface area (Å²) in [7, 11) is 0. The largest absolute Gasteiger partial charge is 0.368 e. The van der Waals surface area contributed by atoms with Crippen molar-refractivity contribution < 1.29 is 9.59 Å². The number of aromatic amines is 2. The molecule has 0 saturated carbocycles. The number of nitrogens with zero attached hydrogens (tertiary/aromatic N) is 7. The molecular formula is C31H32N10O2. The van der Waals surface area contributed by atoms with Gasteiger partial charge in [-0.2, -0.15) is 5.10 Å². The van der Waals surface area contributed by atoms with Crippen molar-refractivity contribution in [2.75, 3.05) is 56.0 Å². The van der Waals surface area contributed by atoms with Gasteiger partial charge in [-0.05, 0) is 61.5 Å². The van der Waals surface area contributed by atoms with Crippen LogP contribution in [0.3, 0.4) is 0 Å². The fourth-order valence-electron chi connectivity index (χ4n) is 5.89. The molecule has 2 aliphatic rings. The van der Waals surface area contributed by atoms with Crippen molar-refractivity contribution >= 4 is 34.1 Å². The number of piperazine rings is 1. The highest BCUT2D eigenvalue weighted by molar-refractivity contribution is 5.98. The highest BCUT2D eigenvalue weighted by Crippen LogP contribution is 2.28. The van der Waals surface area contributed by atoms with E-state index in [2.05, 4.69) is 57.4 Å². The van der Waals surface area contributed by atoms with E-state index in [1.807, 2.05) is 35.2 Å². The zero-order valence-electron chi connectivity index (χ0n) is 23.6. The van der Waals surface area contributed by atoms with Gasteiger partial charge in [0.05, 0.1) is 24.3 Å². The maximum absolute atomic E-state index is 13.1. The normalized spacial score (nSPS) is 17.4. The molecule has 1 unspecified atom stereocenters. The minimum atomic E-state index is -0.167. The Morgan fingerprint density at radius 2 is 1.77 bits per heavy atom. The minimum absolute atomic E-state index is 0.0300. The summed E-state index contributed by atoms with van der Waals surface area (Å²) in [6, 6.07) is 15.8. The van der Waals surface area contributed by atoms with Gasteiger partial charge in [0.2, 0.25) is 11.8 Å². The van der Waals surface area contributed by atoms with Crippen molar-refractivity contribution in [2.45, 2.75) is 6.42 Å². The van der Waals surface area contributed by atoms with Gasteiger partial charge >= 0.3 is 0 Å². The van der Waals surface area contributed by atoms with Crippen LogP contribution in [0.2, 0.25) is 0 Å². The molecule has 218 valence electrons. The molecule has 0 radical (unpaired) electrons. The fourth-order valence-corrected chi connectivity index (χ4v) is 5.89. The van der Waals surface area contributed by atoms with Gasteiger partial charge in [0.15, 0.2) is 5.82 Å². The number of carbonyl (C=O) groups excluding carboxylic acids is 2. The van der Waals surface area contributed by atoms with E-state index in [4.69, 9.17) is 0 Å². The number of nitrogens with one attached hydrogen (secondary N) is 3. The fraction of sp³-hybridized carbons (Fsp3) is 0.290. The first-order valence-corrected chi connectivity index (χ1v) is 14.5. The third-order valence-corrected chi connectivity index (χ3v) is 8.26. The number of likely N-dealkylation sites (tertiary alicyclic amines) is 1. The van der Waals surface area contributed by atoms with Gasteiger partial charge in [0, 0.05) is 73.6 Å².